The Balaban J connectivity index is 1.61. The first-order valence-electron chi connectivity index (χ1n) is 13.6. The Bertz CT molecular complexity index is 2290. The van der Waals surface area contributed by atoms with Crippen LogP contribution in [0.15, 0.2) is 109 Å². The molecule has 0 aromatic heterocycles. The van der Waals surface area contributed by atoms with Crippen LogP contribution >= 0.6 is 36.1 Å². The molecular weight excluding hydrogens is 775 g/mol. The van der Waals surface area contributed by atoms with Gasteiger partial charge < -0.3 is 19.2 Å². The van der Waals surface area contributed by atoms with Gasteiger partial charge in [-0.1, -0.05) is 35.4 Å². The van der Waals surface area contributed by atoms with Crippen LogP contribution < -0.4 is 5.32 Å². The van der Waals surface area contributed by atoms with Gasteiger partial charge in [0.25, 0.3) is 16.0 Å². The van der Waals surface area contributed by atoms with E-state index in [0.717, 1.165) is 6.07 Å². The summed E-state index contributed by atoms with van der Waals surface area (Å²) < 4.78 is 70.6. The van der Waals surface area contributed by atoms with E-state index in [1.165, 1.54) is 54.6 Å². The first-order chi connectivity index (χ1) is 24.4. The minimum Gasteiger partial charge on any atom is -0.505 e. The molecule has 0 aliphatic heterocycles. The molecule has 0 radical (unpaired) electrons. The molecule has 1 unspecified atom stereocenters. The number of carbonyl (C=O) groups is 2. The van der Waals surface area contributed by atoms with Crippen LogP contribution in [0.3, 0.4) is 0 Å². The molecule has 22 heteroatoms. The summed E-state index contributed by atoms with van der Waals surface area (Å²) >= 11 is -1.10. The second kappa shape index (κ2) is 16.9. The predicted molar refractivity (Wildman–Crippen MR) is 186 cm³/mol. The van der Waals surface area contributed by atoms with E-state index >= 15 is 0 Å². The topological polar surface area (TPSA) is 260 Å². The molecule has 0 saturated heterocycles. The van der Waals surface area contributed by atoms with Gasteiger partial charge in [0.15, 0.2) is 16.8 Å². The normalized spacial score (nSPS) is 12.4. The molecule has 17 nitrogen and oxygen atoms in total. The lowest BCUT2D eigenvalue weighted by atomic mass is 10.1. The van der Waals surface area contributed by atoms with Crippen molar-refractivity contribution < 1.29 is 64.8 Å². The number of fused-ring (bicyclic) bond motifs is 2. The highest BCUT2D eigenvalue weighted by Gasteiger charge is 2.23. The number of hydrogen-bond donors (Lipinski definition) is 6. The van der Waals surface area contributed by atoms with Crippen molar-refractivity contribution in [1.29, 1.82) is 0 Å². The fourth-order valence-corrected chi connectivity index (χ4v) is 7.23. The van der Waals surface area contributed by atoms with Crippen LogP contribution in [0.5, 0.6) is 5.75 Å². The molecule has 0 aliphatic rings. The van der Waals surface area contributed by atoms with Crippen LogP contribution in [-0.4, -0.2) is 55.0 Å². The van der Waals surface area contributed by atoms with E-state index in [2.05, 4.69) is 29.3 Å². The minimum absolute atomic E-state index is 0.00125. The van der Waals surface area contributed by atoms with Crippen molar-refractivity contribution in [2.45, 2.75) is 19.6 Å². The third-order valence-electron chi connectivity index (χ3n) is 6.66. The summed E-state index contributed by atoms with van der Waals surface area (Å²) in [4.78, 5) is 24.2. The predicted octanol–water partition coefficient (Wildman–Crippen LogP) is 7.31. The number of amides is 1. The lowest BCUT2D eigenvalue weighted by Crippen LogP contribution is -2.12. The molecule has 5 rings (SSSR count). The third-order valence-corrected chi connectivity index (χ3v) is 10.0. The molecule has 0 saturated carbocycles. The van der Waals surface area contributed by atoms with Gasteiger partial charge in [0.2, 0.25) is 0 Å². The Labute approximate surface area is 302 Å². The molecule has 5 aromatic rings. The van der Waals surface area contributed by atoms with Crippen molar-refractivity contribution in [3.05, 3.63) is 84.4 Å². The number of nitrogens with one attached hydrogen (secondary N) is 1. The molecule has 1 atom stereocenters. The number of phenolic OH excluding ortho intramolecular Hbond substituents is 1. The van der Waals surface area contributed by atoms with Crippen molar-refractivity contribution in [3.63, 3.8) is 0 Å². The van der Waals surface area contributed by atoms with Crippen molar-refractivity contribution in [2.24, 2.45) is 10.2 Å². The number of rotatable bonds is 14. The van der Waals surface area contributed by atoms with Gasteiger partial charge in [0, 0.05) is 33.3 Å². The summed E-state index contributed by atoms with van der Waals surface area (Å²) in [5.74, 6) is -2.32. The largest absolute Gasteiger partial charge is 0.505 e. The molecule has 6 N–H and O–H groups in total. The van der Waals surface area contributed by atoms with Gasteiger partial charge in [-0.3, -0.25) is 14.1 Å². The van der Waals surface area contributed by atoms with Gasteiger partial charge >= 0.3 is 5.97 Å². The van der Waals surface area contributed by atoms with Gasteiger partial charge in [-0.25, -0.2) is 14.7 Å². The summed E-state index contributed by atoms with van der Waals surface area (Å²) in [5, 5.41) is 43.3. The Hall–Kier alpha value is -4.17. The number of azo groups is 1. The van der Waals surface area contributed by atoms with Gasteiger partial charge in [-0.05, 0) is 59.3 Å². The van der Waals surface area contributed by atoms with E-state index in [-0.39, 0.29) is 54.0 Å². The van der Waals surface area contributed by atoms with Crippen LogP contribution in [0.25, 0.3) is 21.5 Å². The molecule has 0 fully saturated rings. The Kier molecular flexibility index (Phi) is 12.6. The number of nitrogens with zero attached hydrogens (tertiary/aromatic N) is 2. The quantitative estimate of drug-likeness (QED) is 0.0161. The number of carbonyl (C=O) groups excluding carboxylic acids is 2. The maximum atomic E-state index is 13.1. The zero-order valence-electron chi connectivity index (χ0n) is 25.1. The maximum absolute atomic E-state index is 13.1. The molecule has 266 valence electrons. The van der Waals surface area contributed by atoms with Crippen LogP contribution in [-0.2, 0) is 43.9 Å². The van der Waals surface area contributed by atoms with Crippen LogP contribution in [0.2, 0.25) is 0 Å². The van der Waals surface area contributed by atoms with Crippen LogP contribution in [0, 0.1) is 0 Å². The summed E-state index contributed by atoms with van der Waals surface area (Å²) in [6.45, 7) is 0. The first kappa shape index (κ1) is 38.1. The van der Waals surface area contributed by atoms with Crippen molar-refractivity contribution in [2.75, 3.05) is 11.1 Å². The highest BCUT2D eigenvalue weighted by atomic mass is 32.2. The molecule has 51 heavy (non-hydrogen) atoms. The molecule has 0 aliphatic carbocycles. The fourth-order valence-electron chi connectivity index (χ4n) is 4.62. The summed E-state index contributed by atoms with van der Waals surface area (Å²) in [5.41, 5.74) is -0.643. The second-order valence-corrected chi connectivity index (χ2v) is 14.3. The van der Waals surface area contributed by atoms with Crippen LogP contribution in [0.4, 0.5) is 17.1 Å². The minimum atomic E-state index is -4.97. The van der Waals surface area contributed by atoms with E-state index in [4.69, 9.17) is 14.7 Å². The smallest absolute Gasteiger partial charge is 0.330 e. The number of phenols is 1. The van der Waals surface area contributed by atoms with E-state index in [1.807, 2.05) is 0 Å². The summed E-state index contributed by atoms with van der Waals surface area (Å²) in [6.07, 6.45) is 0. The fraction of sp³-hybridized carbons (Fsp3) is 0.0345. The van der Waals surface area contributed by atoms with E-state index in [0.29, 0.717) is 41.0 Å². The molecule has 0 heterocycles. The highest BCUT2D eigenvalue weighted by Crippen LogP contribution is 2.47. The Morgan fingerprint density at radius 2 is 1.69 bits per heavy atom. The number of benzene rings is 5. The van der Waals surface area contributed by atoms with Gasteiger partial charge in [0.05, 0.1) is 39.6 Å². The number of aromatic hydroxyl groups is 1. The Morgan fingerprint density at radius 1 is 0.922 bits per heavy atom. The zero-order valence-corrected chi connectivity index (χ0v) is 29.1. The lowest BCUT2D eigenvalue weighted by Gasteiger charge is -2.15. The summed E-state index contributed by atoms with van der Waals surface area (Å²) in [6, 6.07) is 18.5. The molecule has 0 bridgehead atoms. The molecular formula is C29H21N3O14S5. The number of anilines is 1. The lowest BCUT2D eigenvalue weighted by molar-refractivity contribution is -0.432. The SMILES string of the molecule is O=C(CSOO)OSc1ccc2c(S(=O)(=O)O)c(N=Nc3c(SOOO)cc4cc(S(=O)O)cc(NC(=O)c5ccccc5)c4c3O)ccc2c1. The maximum Gasteiger partial charge on any atom is 0.330 e. The average molecular weight is 796 g/mol. The van der Waals surface area contributed by atoms with Crippen molar-refractivity contribution in [1.82, 2.24) is 0 Å². The zero-order chi connectivity index (χ0) is 36.7. The first-order valence-corrected chi connectivity index (χ1v) is 18.6. The number of hydrogen-bond acceptors (Lipinski definition) is 17. The molecule has 5 aromatic carbocycles. The molecule has 1 amide bonds. The highest BCUT2D eigenvalue weighted by molar-refractivity contribution is 7.96. The van der Waals surface area contributed by atoms with E-state index < -0.39 is 49.4 Å². The monoisotopic (exact) mass is 795 g/mol. The second-order valence-electron chi connectivity index (χ2n) is 9.78. The average Bonchev–Trinajstić information content (AvgIpc) is 3.11. The third kappa shape index (κ3) is 9.20. The van der Waals surface area contributed by atoms with Crippen molar-refractivity contribution in [3.8, 4) is 5.75 Å². The van der Waals surface area contributed by atoms with Gasteiger partial charge in [-0.2, -0.15) is 12.8 Å². The van der Waals surface area contributed by atoms with Gasteiger partial charge in [0.1, 0.15) is 22.0 Å². The van der Waals surface area contributed by atoms with E-state index in [9.17, 15) is 36.4 Å². The molecule has 0 spiro atoms. The standard InChI is InChI=1S/C29H21N3O14S5/c33-24(14-47-45-37)43-48-18-7-8-20-16(10-18)6-9-21(28(20)51(40,41)42)31-32-26-23(49-46-44-36)12-17-11-19(50(38)39)13-22(25(17)27(26)34)30-29(35)15-4-2-1-3-5-15/h1-13,34,36-37H,14H2,(H,30,35)(H,38,39)(H,40,41,42). The van der Waals surface area contributed by atoms with Gasteiger partial charge in [-0.15, -0.1) is 14.6 Å². The summed E-state index contributed by atoms with van der Waals surface area (Å²) in [7, 11) is -4.97. The Morgan fingerprint density at radius 3 is 2.37 bits per heavy atom. The van der Waals surface area contributed by atoms with E-state index in [1.54, 1.807) is 18.2 Å². The van der Waals surface area contributed by atoms with Crippen LogP contribution in [0.1, 0.15) is 10.4 Å². The van der Waals surface area contributed by atoms with Crippen molar-refractivity contribution >= 4 is 108 Å².